The topological polar surface area (TPSA) is 163 Å². The van der Waals surface area contributed by atoms with E-state index in [9.17, 15) is 24.0 Å². The third kappa shape index (κ3) is 10.2. The molecule has 41 heavy (non-hydrogen) atoms. The van der Waals surface area contributed by atoms with E-state index in [4.69, 9.17) is 4.74 Å². The molecule has 12 heteroatoms. The summed E-state index contributed by atoms with van der Waals surface area (Å²) in [4.78, 5) is 70.0. The highest BCUT2D eigenvalue weighted by Crippen LogP contribution is 2.17. The summed E-state index contributed by atoms with van der Waals surface area (Å²) in [6, 6.07) is 16.0. The number of anilines is 1. The molecule has 2 atom stereocenters. The average molecular weight is 563 g/mol. The van der Waals surface area contributed by atoms with E-state index in [1.165, 1.54) is 11.2 Å². The summed E-state index contributed by atoms with van der Waals surface area (Å²) in [7, 11) is 0. The van der Waals surface area contributed by atoms with E-state index in [0.717, 1.165) is 5.56 Å². The average Bonchev–Trinajstić information content (AvgIpc) is 3.51. The number of aromatic nitrogens is 2. The van der Waals surface area contributed by atoms with Crippen LogP contribution in [0.4, 0.5) is 10.5 Å². The summed E-state index contributed by atoms with van der Waals surface area (Å²) in [6.45, 7) is 1.56. The molecular weight excluding hydrogens is 528 g/mol. The summed E-state index contributed by atoms with van der Waals surface area (Å²) in [5.74, 6) is -1.43. The van der Waals surface area contributed by atoms with Crippen LogP contribution in [0.2, 0.25) is 0 Å². The lowest BCUT2D eigenvalue weighted by atomic mass is 10.1. The third-order valence-corrected chi connectivity index (χ3v) is 6.06. The second kappa shape index (κ2) is 16.2. The van der Waals surface area contributed by atoms with Gasteiger partial charge in [-0.3, -0.25) is 19.3 Å². The molecular formula is C29H34N6O6. The van der Waals surface area contributed by atoms with Gasteiger partial charge < -0.3 is 30.5 Å². The van der Waals surface area contributed by atoms with Crippen LogP contribution in [0.3, 0.4) is 0 Å². The Morgan fingerprint density at radius 2 is 1.73 bits per heavy atom. The highest BCUT2D eigenvalue weighted by atomic mass is 16.5. The van der Waals surface area contributed by atoms with Gasteiger partial charge in [0, 0.05) is 37.0 Å². The van der Waals surface area contributed by atoms with Crippen molar-refractivity contribution in [1.82, 2.24) is 25.9 Å². The van der Waals surface area contributed by atoms with Gasteiger partial charge in [-0.1, -0.05) is 48.5 Å². The number of imidazole rings is 1. The molecule has 216 valence electrons. The Morgan fingerprint density at radius 3 is 2.39 bits per heavy atom. The van der Waals surface area contributed by atoms with Crippen molar-refractivity contribution in [2.24, 2.45) is 0 Å². The Labute approximate surface area is 237 Å². The Hall–Kier alpha value is -5.00. The largest absolute Gasteiger partial charge is 0.445 e. The van der Waals surface area contributed by atoms with E-state index in [1.807, 2.05) is 30.3 Å². The summed E-state index contributed by atoms with van der Waals surface area (Å²) in [5.41, 5.74) is 2.00. The number of alkyl carbamates (subject to hydrolysis) is 1. The number of para-hydroxylation sites is 1. The van der Waals surface area contributed by atoms with Crippen molar-refractivity contribution in [3.8, 4) is 0 Å². The van der Waals surface area contributed by atoms with E-state index in [1.54, 1.807) is 43.5 Å². The van der Waals surface area contributed by atoms with Gasteiger partial charge in [0.25, 0.3) is 0 Å². The van der Waals surface area contributed by atoms with Gasteiger partial charge in [-0.25, -0.2) is 9.78 Å². The highest BCUT2D eigenvalue weighted by molar-refractivity contribution is 6.02. The van der Waals surface area contributed by atoms with E-state index in [0.29, 0.717) is 24.1 Å². The van der Waals surface area contributed by atoms with Crippen LogP contribution < -0.4 is 20.9 Å². The molecule has 12 nitrogen and oxygen atoms in total. The maximum Gasteiger partial charge on any atom is 0.407 e. The standard InChI is InChI=1S/C29H34N6O6/c1-21(28(39)34-24(18-36)15-23-16-30-20-33-23)35(25-11-6-3-7-12-25)27(38)17-32-26(37)13-8-14-31-29(40)41-19-22-9-4-2-5-10-22/h2-7,9-12,16,18,20-21,24H,8,13-15,17,19H2,1H3,(H,30,33)(H,31,40)(H,32,37)(H,34,39). The fourth-order valence-electron chi connectivity index (χ4n) is 3.92. The minimum Gasteiger partial charge on any atom is -0.445 e. The first-order valence-electron chi connectivity index (χ1n) is 13.2. The first-order chi connectivity index (χ1) is 19.9. The van der Waals surface area contributed by atoms with Crippen molar-refractivity contribution in [2.45, 2.75) is 44.9 Å². The number of amides is 4. The van der Waals surface area contributed by atoms with Gasteiger partial charge in [-0.15, -0.1) is 0 Å². The van der Waals surface area contributed by atoms with E-state index < -0.39 is 30.0 Å². The molecule has 0 fully saturated rings. The number of nitrogens with one attached hydrogen (secondary N) is 4. The minimum absolute atomic E-state index is 0.0717. The molecule has 3 aromatic rings. The van der Waals surface area contributed by atoms with Crippen molar-refractivity contribution >= 4 is 35.8 Å². The van der Waals surface area contributed by atoms with Gasteiger partial charge in [0.05, 0.1) is 18.9 Å². The molecule has 0 radical (unpaired) electrons. The first kappa shape index (κ1) is 30.5. The zero-order valence-corrected chi connectivity index (χ0v) is 22.7. The molecule has 0 bridgehead atoms. The maximum atomic E-state index is 13.2. The Balaban J connectivity index is 1.46. The van der Waals surface area contributed by atoms with Crippen LogP contribution in [-0.4, -0.2) is 65.2 Å². The SMILES string of the molecule is CC(C(=O)NC(C=O)Cc1cnc[nH]1)N(C(=O)CNC(=O)CCCNC(=O)OCc1ccccc1)c1ccccc1. The number of H-pyrrole nitrogens is 1. The number of aromatic amines is 1. The predicted molar refractivity (Wildman–Crippen MR) is 151 cm³/mol. The lowest BCUT2D eigenvalue weighted by Gasteiger charge is -2.29. The summed E-state index contributed by atoms with van der Waals surface area (Å²) >= 11 is 0. The molecule has 0 saturated heterocycles. The van der Waals surface area contributed by atoms with Crippen LogP contribution in [0.15, 0.2) is 73.2 Å². The van der Waals surface area contributed by atoms with E-state index in [2.05, 4.69) is 25.9 Å². The molecule has 0 saturated carbocycles. The van der Waals surface area contributed by atoms with E-state index >= 15 is 0 Å². The number of carbonyl (C=O) groups excluding carboxylic acids is 5. The molecule has 0 aliphatic rings. The number of hydrogen-bond donors (Lipinski definition) is 4. The zero-order chi connectivity index (χ0) is 29.5. The fourth-order valence-corrected chi connectivity index (χ4v) is 3.92. The molecule has 2 unspecified atom stereocenters. The molecule has 1 heterocycles. The number of aldehydes is 1. The lowest BCUT2D eigenvalue weighted by Crippen LogP contribution is -2.53. The van der Waals surface area contributed by atoms with Gasteiger partial charge in [0.15, 0.2) is 0 Å². The number of hydrogen-bond acceptors (Lipinski definition) is 7. The molecule has 0 aliphatic carbocycles. The van der Waals surface area contributed by atoms with Crippen molar-refractivity contribution in [3.05, 3.63) is 84.4 Å². The number of ether oxygens (including phenoxy) is 1. The maximum absolute atomic E-state index is 13.2. The van der Waals surface area contributed by atoms with Crippen molar-refractivity contribution < 1.29 is 28.7 Å². The normalized spacial score (nSPS) is 11.9. The summed E-state index contributed by atoms with van der Waals surface area (Å²) in [6.07, 6.45) is 3.70. The van der Waals surface area contributed by atoms with Gasteiger partial charge in [-0.2, -0.15) is 0 Å². The quantitative estimate of drug-likeness (QED) is 0.162. The van der Waals surface area contributed by atoms with Crippen LogP contribution >= 0.6 is 0 Å². The Bertz CT molecular complexity index is 1270. The molecule has 1 aromatic heterocycles. The van der Waals surface area contributed by atoms with Crippen LogP contribution in [0.5, 0.6) is 0 Å². The summed E-state index contributed by atoms with van der Waals surface area (Å²) < 4.78 is 5.12. The molecule has 3 rings (SSSR count). The van der Waals surface area contributed by atoms with Crippen molar-refractivity contribution in [1.29, 1.82) is 0 Å². The molecule has 2 aromatic carbocycles. The number of carbonyl (C=O) groups is 5. The first-order valence-corrected chi connectivity index (χ1v) is 13.2. The number of nitrogens with zero attached hydrogens (tertiary/aromatic N) is 2. The third-order valence-electron chi connectivity index (χ3n) is 6.06. The summed E-state index contributed by atoms with van der Waals surface area (Å²) in [5, 5.41) is 7.81. The van der Waals surface area contributed by atoms with Crippen LogP contribution in [0, 0.1) is 0 Å². The van der Waals surface area contributed by atoms with Crippen molar-refractivity contribution in [3.63, 3.8) is 0 Å². The highest BCUT2D eigenvalue weighted by Gasteiger charge is 2.29. The Morgan fingerprint density at radius 1 is 1.02 bits per heavy atom. The van der Waals surface area contributed by atoms with Crippen LogP contribution in [0.1, 0.15) is 31.0 Å². The number of benzene rings is 2. The van der Waals surface area contributed by atoms with Crippen LogP contribution in [0.25, 0.3) is 0 Å². The molecule has 4 N–H and O–H groups in total. The van der Waals surface area contributed by atoms with Gasteiger partial charge in [0.2, 0.25) is 17.7 Å². The predicted octanol–water partition coefficient (Wildman–Crippen LogP) is 1.88. The second-order valence-electron chi connectivity index (χ2n) is 9.18. The van der Waals surface area contributed by atoms with E-state index in [-0.39, 0.29) is 38.4 Å². The van der Waals surface area contributed by atoms with Gasteiger partial charge >= 0.3 is 6.09 Å². The smallest absolute Gasteiger partial charge is 0.407 e. The fraction of sp³-hybridized carbons (Fsp3) is 0.310. The van der Waals surface area contributed by atoms with Gasteiger partial charge in [-0.05, 0) is 31.0 Å². The minimum atomic E-state index is -0.975. The number of rotatable bonds is 15. The second-order valence-corrected chi connectivity index (χ2v) is 9.18. The van der Waals surface area contributed by atoms with Crippen LogP contribution in [-0.2, 0) is 36.9 Å². The molecule has 4 amide bonds. The zero-order valence-electron chi connectivity index (χ0n) is 22.7. The molecule has 0 aliphatic heterocycles. The van der Waals surface area contributed by atoms with Gasteiger partial charge in [0.1, 0.15) is 18.9 Å². The molecule has 0 spiro atoms. The Kier molecular flexibility index (Phi) is 12.1. The van der Waals surface area contributed by atoms with Crippen molar-refractivity contribution in [2.75, 3.05) is 18.0 Å². The lowest BCUT2D eigenvalue weighted by molar-refractivity contribution is -0.128. The monoisotopic (exact) mass is 562 g/mol.